The number of urea groups is 1. The molecule has 1 saturated heterocycles. The van der Waals surface area contributed by atoms with Crippen LogP contribution in [0.15, 0.2) is 60.2 Å². The van der Waals surface area contributed by atoms with Crippen LogP contribution in [0.1, 0.15) is 31.4 Å². The van der Waals surface area contributed by atoms with Gasteiger partial charge in [-0.15, -0.1) is 0 Å². The summed E-state index contributed by atoms with van der Waals surface area (Å²) in [5.41, 5.74) is 2.04. The number of rotatable bonds is 12. The summed E-state index contributed by atoms with van der Waals surface area (Å²) in [6.45, 7) is 6.24. The third-order valence-corrected chi connectivity index (χ3v) is 7.06. The first-order valence-electron chi connectivity index (χ1n) is 13.8. The maximum absolute atomic E-state index is 13.5. The van der Waals surface area contributed by atoms with Crippen molar-refractivity contribution in [3.63, 3.8) is 0 Å². The number of imide groups is 2. The van der Waals surface area contributed by atoms with Crippen molar-refractivity contribution in [2.45, 2.75) is 27.2 Å². The molecule has 11 nitrogen and oxygen atoms in total. The van der Waals surface area contributed by atoms with Gasteiger partial charge < -0.3 is 24.3 Å². The third-order valence-electron chi connectivity index (χ3n) is 6.26. The molecule has 44 heavy (non-hydrogen) atoms. The number of amides is 5. The van der Waals surface area contributed by atoms with Gasteiger partial charge in [0.05, 0.1) is 29.6 Å². The third kappa shape index (κ3) is 7.67. The molecule has 0 aromatic heterocycles. The summed E-state index contributed by atoms with van der Waals surface area (Å²) < 4.78 is 23.2. The lowest BCUT2D eigenvalue weighted by molar-refractivity contribution is -0.122. The Morgan fingerprint density at radius 2 is 1.77 bits per heavy atom. The summed E-state index contributed by atoms with van der Waals surface area (Å²) in [4.78, 5) is 52.5. The minimum Gasteiger partial charge on any atom is -0.493 e. The SMILES string of the molecule is CCCOc1ccc(N2C(=O)NC(=O)/C(=C\c3cc(I)c(OCC(=O)Nc4cccc(C)c4)c(OC)c3)C2=O)cc1OCC. The van der Waals surface area contributed by atoms with Crippen molar-refractivity contribution in [3.8, 4) is 23.0 Å². The Morgan fingerprint density at radius 3 is 2.48 bits per heavy atom. The molecule has 0 radical (unpaired) electrons. The van der Waals surface area contributed by atoms with Crippen molar-refractivity contribution in [2.24, 2.45) is 0 Å². The van der Waals surface area contributed by atoms with E-state index < -0.39 is 17.8 Å². The molecule has 4 rings (SSSR count). The summed E-state index contributed by atoms with van der Waals surface area (Å²) in [7, 11) is 1.44. The summed E-state index contributed by atoms with van der Waals surface area (Å²) in [6, 6.07) is 14.4. The Hall–Kier alpha value is -4.59. The second kappa shape index (κ2) is 14.7. The Morgan fingerprint density at radius 1 is 0.977 bits per heavy atom. The zero-order valence-electron chi connectivity index (χ0n) is 24.7. The van der Waals surface area contributed by atoms with Crippen molar-refractivity contribution < 1.29 is 38.1 Å². The van der Waals surface area contributed by atoms with Crippen molar-refractivity contribution in [1.29, 1.82) is 0 Å². The predicted molar refractivity (Wildman–Crippen MR) is 173 cm³/mol. The molecule has 1 heterocycles. The number of nitrogens with zero attached hydrogens (tertiary/aromatic N) is 1. The maximum Gasteiger partial charge on any atom is 0.335 e. The quantitative estimate of drug-likeness (QED) is 0.143. The second-order valence-electron chi connectivity index (χ2n) is 9.61. The van der Waals surface area contributed by atoms with E-state index in [0.717, 1.165) is 16.9 Å². The normalized spacial score (nSPS) is 13.9. The summed E-state index contributed by atoms with van der Waals surface area (Å²) in [6.07, 6.45) is 2.15. The minimum atomic E-state index is -0.887. The molecule has 1 fully saturated rings. The first-order chi connectivity index (χ1) is 21.1. The highest BCUT2D eigenvalue weighted by Crippen LogP contribution is 2.36. The van der Waals surface area contributed by atoms with Crippen LogP contribution < -0.4 is 34.5 Å². The fraction of sp³-hybridized carbons (Fsp3) is 0.250. The molecule has 2 N–H and O–H groups in total. The van der Waals surface area contributed by atoms with Crippen LogP contribution in [-0.2, 0) is 14.4 Å². The number of hydrogen-bond donors (Lipinski definition) is 2. The van der Waals surface area contributed by atoms with E-state index in [4.69, 9.17) is 18.9 Å². The van der Waals surface area contributed by atoms with Crippen molar-refractivity contribution in [2.75, 3.05) is 37.1 Å². The lowest BCUT2D eigenvalue weighted by Gasteiger charge is -2.27. The van der Waals surface area contributed by atoms with Gasteiger partial charge in [-0.25, -0.2) is 9.69 Å². The van der Waals surface area contributed by atoms with Gasteiger partial charge in [0.25, 0.3) is 17.7 Å². The molecule has 12 heteroatoms. The van der Waals surface area contributed by atoms with Crippen LogP contribution in [0.25, 0.3) is 6.08 Å². The zero-order valence-corrected chi connectivity index (χ0v) is 26.9. The number of benzene rings is 3. The van der Waals surface area contributed by atoms with Gasteiger partial charge in [0.2, 0.25) is 0 Å². The summed E-state index contributed by atoms with van der Waals surface area (Å²) in [5.74, 6) is -0.565. The standard InChI is InChI=1S/C32H32IN3O8/c1-5-12-43-25-11-10-22(17-26(25)42-6-2)36-31(39)23(30(38)35-32(36)40)14-20-15-24(33)29(27(16-20)41-4)44-18-28(37)34-21-9-7-8-19(3)13-21/h7-11,13-17H,5-6,12,18H2,1-4H3,(H,34,37)(H,35,38,40)/b23-14+. The summed E-state index contributed by atoms with van der Waals surface area (Å²) >= 11 is 2.01. The van der Waals surface area contributed by atoms with Gasteiger partial charge in [0.1, 0.15) is 5.57 Å². The first kappa shape index (κ1) is 32.3. The molecule has 0 aliphatic carbocycles. The molecule has 0 saturated carbocycles. The van der Waals surface area contributed by atoms with Crippen LogP contribution in [0.5, 0.6) is 23.0 Å². The number of nitrogens with one attached hydrogen (secondary N) is 2. The van der Waals surface area contributed by atoms with Gasteiger partial charge in [-0.1, -0.05) is 19.1 Å². The first-order valence-corrected chi connectivity index (χ1v) is 14.9. The highest BCUT2D eigenvalue weighted by Gasteiger charge is 2.37. The van der Waals surface area contributed by atoms with Crippen LogP contribution in [-0.4, -0.2) is 50.7 Å². The Labute approximate surface area is 268 Å². The molecule has 0 atom stereocenters. The van der Waals surface area contributed by atoms with E-state index in [0.29, 0.717) is 45.3 Å². The van der Waals surface area contributed by atoms with Gasteiger partial charge in [0.15, 0.2) is 29.6 Å². The molecule has 3 aromatic carbocycles. The van der Waals surface area contributed by atoms with Crippen LogP contribution in [0.3, 0.4) is 0 Å². The minimum absolute atomic E-state index is 0.207. The van der Waals surface area contributed by atoms with E-state index in [1.165, 1.54) is 19.3 Å². The monoisotopic (exact) mass is 713 g/mol. The van der Waals surface area contributed by atoms with E-state index in [9.17, 15) is 19.2 Å². The lowest BCUT2D eigenvalue weighted by atomic mass is 10.1. The average molecular weight is 714 g/mol. The molecule has 230 valence electrons. The number of anilines is 2. The van der Waals surface area contributed by atoms with Crippen LogP contribution in [0, 0.1) is 10.5 Å². The molecule has 0 unspecified atom stereocenters. The zero-order chi connectivity index (χ0) is 31.8. The number of halogens is 1. The van der Waals surface area contributed by atoms with Gasteiger partial charge in [-0.3, -0.25) is 19.7 Å². The number of methoxy groups -OCH3 is 1. The highest BCUT2D eigenvalue weighted by molar-refractivity contribution is 14.1. The highest BCUT2D eigenvalue weighted by atomic mass is 127. The van der Waals surface area contributed by atoms with E-state index in [2.05, 4.69) is 10.6 Å². The molecular formula is C32H32IN3O8. The van der Waals surface area contributed by atoms with Gasteiger partial charge in [-0.2, -0.15) is 0 Å². The predicted octanol–water partition coefficient (Wildman–Crippen LogP) is 5.48. The van der Waals surface area contributed by atoms with Crippen molar-refractivity contribution >= 4 is 63.8 Å². The fourth-order valence-corrected chi connectivity index (χ4v) is 5.10. The van der Waals surface area contributed by atoms with E-state index in [1.54, 1.807) is 37.3 Å². The molecule has 1 aliphatic heterocycles. The van der Waals surface area contributed by atoms with Crippen molar-refractivity contribution in [1.82, 2.24) is 5.32 Å². The number of ether oxygens (including phenoxy) is 4. The van der Waals surface area contributed by atoms with E-state index in [1.807, 2.05) is 54.6 Å². The molecule has 5 amide bonds. The van der Waals surface area contributed by atoms with E-state index >= 15 is 0 Å². The van der Waals surface area contributed by atoms with Gasteiger partial charge in [0, 0.05) is 11.8 Å². The smallest absolute Gasteiger partial charge is 0.335 e. The molecule has 1 aliphatic rings. The topological polar surface area (TPSA) is 132 Å². The number of aryl methyl sites for hydroxylation is 1. The largest absolute Gasteiger partial charge is 0.493 e. The number of barbiturate groups is 1. The molecule has 0 spiro atoms. The number of carbonyl (C=O) groups is 4. The molecular weight excluding hydrogens is 681 g/mol. The summed E-state index contributed by atoms with van der Waals surface area (Å²) in [5, 5.41) is 5.01. The van der Waals surface area contributed by atoms with Crippen LogP contribution >= 0.6 is 22.6 Å². The van der Waals surface area contributed by atoms with Crippen LogP contribution in [0.2, 0.25) is 0 Å². The van der Waals surface area contributed by atoms with Crippen molar-refractivity contribution in [3.05, 3.63) is 74.9 Å². The second-order valence-corrected chi connectivity index (χ2v) is 10.8. The maximum atomic E-state index is 13.5. The van der Waals surface area contributed by atoms with Gasteiger partial charge >= 0.3 is 6.03 Å². The Balaban J connectivity index is 1.57. The van der Waals surface area contributed by atoms with Crippen LogP contribution in [0.4, 0.5) is 16.2 Å². The molecule has 3 aromatic rings. The number of carbonyl (C=O) groups excluding carboxylic acids is 4. The Bertz CT molecular complexity index is 1620. The van der Waals surface area contributed by atoms with Gasteiger partial charge in [-0.05, 0) is 96.5 Å². The Kier molecular flexibility index (Phi) is 10.8. The average Bonchev–Trinajstić information content (AvgIpc) is 2.98. The fourth-order valence-electron chi connectivity index (χ4n) is 4.31. The molecule has 0 bridgehead atoms. The number of hydrogen-bond acceptors (Lipinski definition) is 8. The lowest BCUT2D eigenvalue weighted by Crippen LogP contribution is -2.54. The van der Waals surface area contributed by atoms with E-state index in [-0.39, 0.29) is 29.5 Å².